The maximum absolute atomic E-state index is 5.52. The first-order chi connectivity index (χ1) is 9.40. The van der Waals surface area contributed by atoms with Crippen LogP contribution in [0, 0.1) is 0 Å². The highest BCUT2D eigenvalue weighted by Crippen LogP contribution is 2.21. The zero-order valence-corrected chi connectivity index (χ0v) is 12.7. The smallest absolute Gasteiger partial charge is 0.0120 e. The summed E-state index contributed by atoms with van der Waals surface area (Å²) >= 11 is 0. The van der Waals surface area contributed by atoms with Gasteiger partial charge in [0.25, 0.3) is 0 Å². The van der Waals surface area contributed by atoms with Crippen molar-refractivity contribution in [2.75, 3.05) is 39.3 Å². The molecule has 0 amide bonds. The zero-order chi connectivity index (χ0) is 13.3. The van der Waals surface area contributed by atoms with Crippen LogP contribution in [-0.2, 0) is 0 Å². The summed E-state index contributed by atoms with van der Waals surface area (Å²) in [7, 11) is 0. The van der Waals surface area contributed by atoms with E-state index in [9.17, 15) is 0 Å². The van der Waals surface area contributed by atoms with Crippen molar-refractivity contribution in [3.8, 4) is 0 Å². The quantitative estimate of drug-likeness (QED) is 0.719. The first kappa shape index (κ1) is 15.3. The molecule has 2 aliphatic heterocycles. The molecule has 0 atom stereocenters. The molecule has 0 aromatic heterocycles. The van der Waals surface area contributed by atoms with E-state index in [0.717, 1.165) is 12.6 Å². The molecule has 2 N–H and O–H groups in total. The fraction of sp³-hybridized carbons (Fsp3) is 1.00. The van der Waals surface area contributed by atoms with Gasteiger partial charge in [-0.15, -0.1) is 0 Å². The molecule has 0 aromatic rings. The lowest BCUT2D eigenvalue weighted by Crippen LogP contribution is -2.46. The van der Waals surface area contributed by atoms with Crippen molar-refractivity contribution in [3.05, 3.63) is 0 Å². The number of unbranched alkanes of at least 4 members (excludes halogenated alkanes) is 3. The fourth-order valence-corrected chi connectivity index (χ4v) is 3.62. The SMILES string of the molecule is NCCCCCCN1CCC(N2CCCCC2)CC1. The molecule has 0 spiro atoms. The lowest BCUT2D eigenvalue weighted by molar-refractivity contribution is 0.0918. The number of nitrogens with two attached hydrogens (primary N) is 1. The summed E-state index contributed by atoms with van der Waals surface area (Å²) in [4.78, 5) is 5.45. The fourth-order valence-electron chi connectivity index (χ4n) is 3.62. The second-order valence-electron chi connectivity index (χ2n) is 6.37. The van der Waals surface area contributed by atoms with Crippen LogP contribution in [0.5, 0.6) is 0 Å². The molecule has 2 fully saturated rings. The third-order valence-electron chi connectivity index (χ3n) is 4.89. The predicted octanol–water partition coefficient (Wildman–Crippen LogP) is 2.46. The Kier molecular flexibility index (Phi) is 7.18. The van der Waals surface area contributed by atoms with Crippen LogP contribution < -0.4 is 5.73 Å². The molecule has 2 heterocycles. The lowest BCUT2D eigenvalue weighted by Gasteiger charge is -2.40. The first-order valence-electron chi connectivity index (χ1n) is 8.56. The minimum Gasteiger partial charge on any atom is -0.330 e. The second kappa shape index (κ2) is 8.93. The Morgan fingerprint density at radius 1 is 0.789 bits per heavy atom. The molecular weight excluding hydrogens is 234 g/mol. The molecule has 0 radical (unpaired) electrons. The van der Waals surface area contributed by atoms with Gasteiger partial charge in [0.1, 0.15) is 0 Å². The number of likely N-dealkylation sites (tertiary alicyclic amines) is 2. The van der Waals surface area contributed by atoms with Crippen molar-refractivity contribution in [1.29, 1.82) is 0 Å². The van der Waals surface area contributed by atoms with E-state index < -0.39 is 0 Å². The summed E-state index contributed by atoms with van der Waals surface area (Å²) in [5, 5.41) is 0. The van der Waals surface area contributed by atoms with Gasteiger partial charge in [0, 0.05) is 6.04 Å². The number of piperidine rings is 2. The number of nitrogens with zero attached hydrogens (tertiary/aromatic N) is 2. The Bertz CT molecular complexity index is 218. The van der Waals surface area contributed by atoms with Gasteiger partial charge in [-0.05, 0) is 77.8 Å². The van der Waals surface area contributed by atoms with E-state index in [-0.39, 0.29) is 0 Å². The van der Waals surface area contributed by atoms with Gasteiger partial charge in [-0.2, -0.15) is 0 Å². The molecule has 0 unspecified atom stereocenters. The molecule has 2 aliphatic rings. The maximum Gasteiger partial charge on any atom is 0.0120 e. The van der Waals surface area contributed by atoms with Gasteiger partial charge in [0.05, 0.1) is 0 Å². The topological polar surface area (TPSA) is 32.5 Å². The summed E-state index contributed by atoms with van der Waals surface area (Å²) in [6, 6.07) is 0.897. The summed E-state index contributed by atoms with van der Waals surface area (Å²) in [5.74, 6) is 0. The van der Waals surface area contributed by atoms with Gasteiger partial charge in [0.15, 0.2) is 0 Å². The molecule has 2 saturated heterocycles. The van der Waals surface area contributed by atoms with E-state index in [0.29, 0.717) is 0 Å². The zero-order valence-electron chi connectivity index (χ0n) is 12.7. The Morgan fingerprint density at radius 3 is 2.16 bits per heavy atom. The van der Waals surface area contributed by atoms with Crippen molar-refractivity contribution >= 4 is 0 Å². The third kappa shape index (κ3) is 5.41. The van der Waals surface area contributed by atoms with E-state index in [1.54, 1.807) is 0 Å². The average molecular weight is 267 g/mol. The van der Waals surface area contributed by atoms with Crippen LogP contribution in [0.2, 0.25) is 0 Å². The minimum atomic E-state index is 0.862. The number of hydrogen-bond acceptors (Lipinski definition) is 3. The van der Waals surface area contributed by atoms with Crippen LogP contribution in [0.3, 0.4) is 0 Å². The van der Waals surface area contributed by atoms with Gasteiger partial charge < -0.3 is 15.5 Å². The Labute approximate surface area is 119 Å². The second-order valence-corrected chi connectivity index (χ2v) is 6.37. The Balaban J connectivity index is 1.54. The highest BCUT2D eigenvalue weighted by Gasteiger charge is 2.24. The normalized spacial score (nSPS) is 23.8. The van der Waals surface area contributed by atoms with Gasteiger partial charge in [-0.25, -0.2) is 0 Å². The van der Waals surface area contributed by atoms with Crippen LogP contribution in [0.1, 0.15) is 57.8 Å². The summed E-state index contributed by atoms with van der Waals surface area (Å²) in [6.07, 6.45) is 12.4. The Hall–Kier alpha value is -0.120. The van der Waals surface area contributed by atoms with E-state index in [1.807, 2.05) is 0 Å². The highest BCUT2D eigenvalue weighted by molar-refractivity contribution is 4.81. The van der Waals surface area contributed by atoms with Crippen molar-refractivity contribution in [1.82, 2.24) is 9.80 Å². The molecule has 3 nitrogen and oxygen atoms in total. The van der Waals surface area contributed by atoms with Crippen LogP contribution in [0.25, 0.3) is 0 Å². The average Bonchev–Trinajstić information content (AvgIpc) is 2.49. The van der Waals surface area contributed by atoms with Gasteiger partial charge in [-0.3, -0.25) is 0 Å². The van der Waals surface area contributed by atoms with E-state index >= 15 is 0 Å². The largest absolute Gasteiger partial charge is 0.330 e. The standard InChI is InChI=1S/C16H33N3/c17-10-4-1-2-5-11-18-14-8-16(9-15-18)19-12-6-3-7-13-19/h16H,1-15,17H2. The molecule has 19 heavy (non-hydrogen) atoms. The van der Waals surface area contributed by atoms with Crippen LogP contribution in [-0.4, -0.2) is 55.1 Å². The van der Waals surface area contributed by atoms with Crippen molar-refractivity contribution < 1.29 is 0 Å². The molecule has 3 heteroatoms. The molecule has 0 aliphatic carbocycles. The van der Waals surface area contributed by atoms with Crippen LogP contribution in [0.15, 0.2) is 0 Å². The van der Waals surface area contributed by atoms with Gasteiger partial charge in [-0.1, -0.05) is 19.3 Å². The third-order valence-corrected chi connectivity index (χ3v) is 4.89. The number of hydrogen-bond donors (Lipinski definition) is 1. The van der Waals surface area contributed by atoms with Crippen molar-refractivity contribution in [2.45, 2.75) is 63.8 Å². The van der Waals surface area contributed by atoms with Crippen LogP contribution in [0.4, 0.5) is 0 Å². The molecule has 0 bridgehead atoms. The lowest BCUT2D eigenvalue weighted by atomic mass is 9.99. The Morgan fingerprint density at radius 2 is 1.47 bits per heavy atom. The predicted molar refractivity (Wildman–Crippen MR) is 82.4 cm³/mol. The molecule has 2 rings (SSSR count). The maximum atomic E-state index is 5.52. The minimum absolute atomic E-state index is 0.862. The van der Waals surface area contributed by atoms with Crippen molar-refractivity contribution in [2.24, 2.45) is 5.73 Å². The molecule has 112 valence electrons. The van der Waals surface area contributed by atoms with Gasteiger partial charge in [0.2, 0.25) is 0 Å². The summed E-state index contributed by atoms with van der Waals surface area (Å²) < 4.78 is 0. The monoisotopic (exact) mass is 267 g/mol. The molecule has 0 saturated carbocycles. The first-order valence-corrected chi connectivity index (χ1v) is 8.56. The van der Waals surface area contributed by atoms with E-state index in [2.05, 4.69) is 9.80 Å². The van der Waals surface area contributed by atoms with E-state index in [1.165, 1.54) is 90.5 Å². The molecular formula is C16H33N3. The number of rotatable bonds is 7. The summed E-state index contributed by atoms with van der Waals surface area (Å²) in [5.41, 5.74) is 5.52. The van der Waals surface area contributed by atoms with Gasteiger partial charge >= 0.3 is 0 Å². The van der Waals surface area contributed by atoms with Crippen molar-refractivity contribution in [3.63, 3.8) is 0 Å². The highest BCUT2D eigenvalue weighted by atomic mass is 15.2. The molecule has 0 aromatic carbocycles. The van der Waals surface area contributed by atoms with E-state index in [4.69, 9.17) is 5.73 Å². The van der Waals surface area contributed by atoms with Crippen LogP contribution >= 0.6 is 0 Å². The summed E-state index contributed by atoms with van der Waals surface area (Å²) in [6.45, 7) is 7.57.